The van der Waals surface area contributed by atoms with Crippen molar-refractivity contribution in [3.8, 4) is 0 Å². The number of hydrogen-bond acceptors (Lipinski definition) is 3. The van der Waals surface area contributed by atoms with E-state index in [0.717, 1.165) is 18.0 Å². The van der Waals surface area contributed by atoms with Gasteiger partial charge in [-0.2, -0.15) is 16.9 Å². The summed E-state index contributed by atoms with van der Waals surface area (Å²) in [4.78, 5) is 0. The Morgan fingerprint density at radius 1 is 1.43 bits per heavy atom. The third-order valence-electron chi connectivity index (χ3n) is 3.31. The molecule has 0 spiro atoms. The van der Waals surface area contributed by atoms with E-state index >= 15 is 0 Å². The van der Waals surface area contributed by atoms with Crippen LogP contribution < -0.4 is 5.73 Å². The average Bonchev–Trinajstić information content (AvgIpc) is 2.43. The first-order chi connectivity index (χ1) is 6.86. The summed E-state index contributed by atoms with van der Waals surface area (Å²) in [5, 5.41) is 4.50. The monoisotopic (exact) mass is 209 g/mol. The fourth-order valence-corrected chi connectivity index (χ4v) is 3.22. The van der Waals surface area contributed by atoms with Crippen LogP contribution in [-0.4, -0.2) is 15.5 Å². The number of hydrogen-bond donors (Lipinski definition) is 1. The van der Waals surface area contributed by atoms with Crippen molar-refractivity contribution in [2.45, 2.75) is 37.5 Å². The normalized spacial score (nSPS) is 21.7. The lowest BCUT2D eigenvalue weighted by atomic mass is 9.93. The molecule has 2 aliphatic rings. The second-order valence-corrected chi connectivity index (χ2v) is 5.25. The number of anilines is 1. The van der Waals surface area contributed by atoms with Gasteiger partial charge in [0.1, 0.15) is 5.82 Å². The lowest BCUT2D eigenvalue weighted by Gasteiger charge is -2.28. The van der Waals surface area contributed by atoms with Crippen LogP contribution in [-0.2, 0) is 12.2 Å². The molecule has 1 saturated carbocycles. The zero-order valence-electron chi connectivity index (χ0n) is 8.20. The van der Waals surface area contributed by atoms with Gasteiger partial charge in [-0.1, -0.05) is 0 Å². The Morgan fingerprint density at radius 3 is 3.00 bits per heavy atom. The maximum absolute atomic E-state index is 5.94. The van der Waals surface area contributed by atoms with E-state index in [-0.39, 0.29) is 0 Å². The summed E-state index contributed by atoms with van der Waals surface area (Å²) in [6.45, 7) is 0. The average molecular weight is 209 g/mol. The Labute approximate surface area is 88.0 Å². The van der Waals surface area contributed by atoms with Crippen molar-refractivity contribution >= 4 is 17.6 Å². The van der Waals surface area contributed by atoms with E-state index in [4.69, 9.17) is 5.73 Å². The molecular weight excluding hydrogens is 194 g/mol. The first-order valence-electron chi connectivity index (χ1n) is 5.30. The van der Waals surface area contributed by atoms with Crippen molar-refractivity contribution in [3.63, 3.8) is 0 Å². The van der Waals surface area contributed by atoms with E-state index in [1.165, 1.54) is 36.3 Å². The highest BCUT2D eigenvalue weighted by Gasteiger charge is 2.27. The molecule has 76 valence electrons. The lowest BCUT2D eigenvalue weighted by Crippen LogP contribution is -2.21. The van der Waals surface area contributed by atoms with E-state index in [0.29, 0.717) is 6.04 Å². The molecule has 4 heteroatoms. The topological polar surface area (TPSA) is 43.8 Å². The Bertz CT molecular complexity index is 354. The number of nitrogen functional groups attached to an aromatic ring is 1. The molecule has 0 bridgehead atoms. The van der Waals surface area contributed by atoms with Crippen molar-refractivity contribution < 1.29 is 0 Å². The summed E-state index contributed by atoms with van der Waals surface area (Å²) < 4.78 is 2.21. The van der Waals surface area contributed by atoms with Crippen LogP contribution in [0.2, 0.25) is 0 Å². The quantitative estimate of drug-likeness (QED) is 0.769. The minimum absolute atomic E-state index is 0.653. The van der Waals surface area contributed by atoms with Crippen LogP contribution in [0.5, 0.6) is 0 Å². The molecule has 14 heavy (non-hydrogen) atoms. The number of aromatic nitrogens is 2. The molecule has 1 aliphatic carbocycles. The highest BCUT2D eigenvalue weighted by atomic mass is 32.2. The minimum Gasteiger partial charge on any atom is -0.382 e. The second-order valence-electron chi connectivity index (χ2n) is 4.14. The number of fused-ring (bicyclic) bond motifs is 1. The number of thioether (sulfide) groups is 1. The zero-order valence-corrected chi connectivity index (χ0v) is 9.02. The first-order valence-corrected chi connectivity index (χ1v) is 6.45. The van der Waals surface area contributed by atoms with Gasteiger partial charge in [-0.25, -0.2) is 0 Å². The molecule has 0 unspecified atom stereocenters. The number of nitrogens with two attached hydrogens (primary N) is 1. The highest BCUT2D eigenvalue weighted by molar-refractivity contribution is 7.98. The standard InChI is InChI=1S/C10H15N3S/c11-10-8-4-5-14-6-9(8)13(12-10)7-2-1-3-7/h7H,1-6H2,(H2,11,12). The summed E-state index contributed by atoms with van der Waals surface area (Å²) in [6, 6.07) is 0.653. The molecule has 3 nitrogen and oxygen atoms in total. The summed E-state index contributed by atoms with van der Waals surface area (Å²) >= 11 is 2.00. The van der Waals surface area contributed by atoms with Crippen molar-refractivity contribution in [1.29, 1.82) is 0 Å². The van der Waals surface area contributed by atoms with Gasteiger partial charge >= 0.3 is 0 Å². The zero-order chi connectivity index (χ0) is 9.54. The summed E-state index contributed by atoms with van der Waals surface area (Å²) in [7, 11) is 0. The molecule has 3 rings (SSSR count). The largest absolute Gasteiger partial charge is 0.382 e. The van der Waals surface area contributed by atoms with Crippen LogP contribution in [0, 0.1) is 0 Å². The fraction of sp³-hybridized carbons (Fsp3) is 0.700. The molecule has 0 radical (unpaired) electrons. The highest BCUT2D eigenvalue weighted by Crippen LogP contribution is 2.37. The third kappa shape index (κ3) is 1.16. The van der Waals surface area contributed by atoms with E-state index in [9.17, 15) is 0 Å². The van der Waals surface area contributed by atoms with Gasteiger partial charge in [-0.3, -0.25) is 4.68 Å². The van der Waals surface area contributed by atoms with E-state index in [2.05, 4.69) is 9.78 Å². The number of rotatable bonds is 1. The van der Waals surface area contributed by atoms with E-state index in [1.807, 2.05) is 11.8 Å². The van der Waals surface area contributed by atoms with E-state index in [1.54, 1.807) is 0 Å². The van der Waals surface area contributed by atoms with Gasteiger partial charge in [0.05, 0.1) is 11.7 Å². The summed E-state index contributed by atoms with van der Waals surface area (Å²) in [6.07, 6.45) is 5.04. The molecule has 0 saturated heterocycles. The Hall–Kier alpha value is -0.640. The van der Waals surface area contributed by atoms with Crippen LogP contribution in [0.3, 0.4) is 0 Å². The summed E-state index contributed by atoms with van der Waals surface area (Å²) in [5.41, 5.74) is 8.67. The van der Waals surface area contributed by atoms with Crippen LogP contribution >= 0.6 is 11.8 Å². The molecule has 1 fully saturated rings. The van der Waals surface area contributed by atoms with Gasteiger partial charge in [0.25, 0.3) is 0 Å². The third-order valence-corrected chi connectivity index (χ3v) is 4.28. The van der Waals surface area contributed by atoms with Gasteiger partial charge in [-0.15, -0.1) is 0 Å². The first kappa shape index (κ1) is 8.65. The summed E-state index contributed by atoms with van der Waals surface area (Å²) in [5.74, 6) is 3.09. The number of nitrogens with zero attached hydrogens (tertiary/aromatic N) is 2. The van der Waals surface area contributed by atoms with E-state index < -0.39 is 0 Å². The molecule has 1 aromatic rings. The molecule has 0 amide bonds. The predicted octanol–water partition coefficient (Wildman–Crippen LogP) is 1.98. The lowest BCUT2D eigenvalue weighted by molar-refractivity contribution is 0.284. The van der Waals surface area contributed by atoms with Crippen molar-refractivity contribution in [2.75, 3.05) is 11.5 Å². The Morgan fingerprint density at radius 2 is 2.29 bits per heavy atom. The van der Waals surface area contributed by atoms with Gasteiger partial charge in [0.2, 0.25) is 0 Å². The Kier molecular flexibility index (Phi) is 1.97. The van der Waals surface area contributed by atoms with Gasteiger partial charge in [-0.05, 0) is 31.4 Å². The Balaban J connectivity index is 2.02. The van der Waals surface area contributed by atoms with Crippen molar-refractivity contribution in [2.24, 2.45) is 0 Å². The second kappa shape index (κ2) is 3.19. The molecule has 2 heterocycles. The van der Waals surface area contributed by atoms with Gasteiger partial charge < -0.3 is 5.73 Å². The molecule has 0 atom stereocenters. The van der Waals surface area contributed by atoms with Crippen molar-refractivity contribution in [1.82, 2.24) is 9.78 Å². The van der Waals surface area contributed by atoms with Crippen molar-refractivity contribution in [3.05, 3.63) is 11.3 Å². The molecule has 1 aliphatic heterocycles. The predicted molar refractivity (Wildman–Crippen MR) is 59.4 cm³/mol. The molecule has 0 aromatic carbocycles. The minimum atomic E-state index is 0.653. The van der Waals surface area contributed by atoms with Gasteiger partial charge in [0, 0.05) is 11.3 Å². The maximum Gasteiger partial charge on any atom is 0.148 e. The maximum atomic E-state index is 5.94. The molecule has 2 N–H and O–H groups in total. The SMILES string of the molecule is Nc1nn(C2CCC2)c2c1CCSC2. The molecular formula is C10H15N3S. The van der Waals surface area contributed by atoms with Crippen LogP contribution in [0.1, 0.15) is 36.6 Å². The smallest absolute Gasteiger partial charge is 0.148 e. The fourth-order valence-electron chi connectivity index (χ4n) is 2.22. The van der Waals surface area contributed by atoms with Crippen LogP contribution in [0.15, 0.2) is 0 Å². The van der Waals surface area contributed by atoms with Crippen LogP contribution in [0.25, 0.3) is 0 Å². The molecule has 1 aromatic heterocycles. The van der Waals surface area contributed by atoms with Gasteiger partial charge in [0.15, 0.2) is 0 Å². The van der Waals surface area contributed by atoms with Crippen LogP contribution in [0.4, 0.5) is 5.82 Å².